The van der Waals surface area contributed by atoms with Gasteiger partial charge in [0.1, 0.15) is 22.5 Å². The van der Waals surface area contributed by atoms with Gasteiger partial charge in [0, 0.05) is 62.4 Å². The standard InChI is InChI=1S/C26H20N2.2C9H7NO.Cu/c1-17-15-23(19-9-5-3-6-10-19)21-13-14-22-24(20-11-7-4-8-12-20)16-18(2)28-26(22)25(21)27-17;2*11-8-5-1-3-7-4-2-6-10-9(7)8;/h3-16H,1-2H3;2*1-6,11H;. The van der Waals surface area contributed by atoms with Gasteiger partial charge in [0.05, 0.1) is 11.0 Å². The molecular weight excluding hydrogens is 680 g/mol. The number of aromatic hydroxyl groups is 2. The molecule has 7 heteroatoms. The van der Waals surface area contributed by atoms with Crippen molar-refractivity contribution in [2.24, 2.45) is 0 Å². The van der Waals surface area contributed by atoms with Crippen molar-refractivity contribution in [1.82, 2.24) is 19.9 Å². The van der Waals surface area contributed by atoms with Crippen LogP contribution < -0.4 is 0 Å². The summed E-state index contributed by atoms with van der Waals surface area (Å²) >= 11 is 0. The number of pyridine rings is 4. The molecule has 0 saturated carbocycles. The van der Waals surface area contributed by atoms with Crippen molar-refractivity contribution in [3.8, 4) is 33.8 Å². The minimum atomic E-state index is 0. The maximum Gasteiger partial charge on any atom is 0.141 e. The van der Waals surface area contributed by atoms with Gasteiger partial charge in [-0.3, -0.25) is 19.9 Å². The molecule has 0 bridgehead atoms. The fourth-order valence-corrected chi connectivity index (χ4v) is 6.12. The van der Waals surface area contributed by atoms with E-state index < -0.39 is 0 Å². The second kappa shape index (κ2) is 15.6. The summed E-state index contributed by atoms with van der Waals surface area (Å²) in [5.41, 5.74) is 10.1. The van der Waals surface area contributed by atoms with E-state index >= 15 is 0 Å². The van der Waals surface area contributed by atoms with Crippen LogP contribution in [0.5, 0.6) is 11.5 Å². The van der Waals surface area contributed by atoms with Gasteiger partial charge < -0.3 is 10.2 Å². The molecule has 0 atom stereocenters. The van der Waals surface area contributed by atoms with E-state index in [9.17, 15) is 10.2 Å². The predicted octanol–water partition coefficient (Wildman–Crippen LogP) is 10.6. The van der Waals surface area contributed by atoms with Gasteiger partial charge in [-0.05, 0) is 72.5 Å². The largest absolute Gasteiger partial charge is 0.506 e. The molecule has 253 valence electrons. The van der Waals surface area contributed by atoms with Crippen LogP contribution in [0.3, 0.4) is 0 Å². The quantitative estimate of drug-likeness (QED) is 0.137. The van der Waals surface area contributed by atoms with Crippen LogP contribution in [-0.2, 0) is 17.1 Å². The SMILES string of the molecule is Cc1cc(-c2ccccc2)c2ccc3c(-c4ccccc4)cc(C)nc3c2n1.Oc1cccc2cccnc12.Oc1cccc2cccnc12.[Cu]. The summed E-state index contributed by atoms with van der Waals surface area (Å²) in [6.45, 7) is 4.11. The number of benzene rings is 5. The van der Waals surface area contributed by atoms with E-state index in [2.05, 4.69) is 96.6 Å². The number of hydrogen-bond acceptors (Lipinski definition) is 6. The van der Waals surface area contributed by atoms with E-state index in [1.807, 2.05) is 48.5 Å². The van der Waals surface area contributed by atoms with E-state index in [4.69, 9.17) is 9.97 Å². The summed E-state index contributed by atoms with van der Waals surface area (Å²) in [5, 5.41) is 22.8. The zero-order valence-electron chi connectivity index (χ0n) is 28.0. The third-order valence-corrected chi connectivity index (χ3v) is 8.41. The van der Waals surface area contributed by atoms with Crippen molar-refractivity contribution in [3.63, 3.8) is 0 Å². The fraction of sp³-hybridized carbons (Fsp3) is 0.0455. The van der Waals surface area contributed by atoms with Gasteiger partial charge >= 0.3 is 0 Å². The Balaban J connectivity index is 0.000000159. The summed E-state index contributed by atoms with van der Waals surface area (Å²) in [7, 11) is 0. The van der Waals surface area contributed by atoms with E-state index in [0.29, 0.717) is 11.0 Å². The van der Waals surface area contributed by atoms with Crippen molar-refractivity contribution < 1.29 is 27.3 Å². The molecule has 0 spiro atoms. The van der Waals surface area contributed by atoms with Crippen LogP contribution in [0.15, 0.2) is 158 Å². The summed E-state index contributed by atoms with van der Waals surface area (Å²) < 4.78 is 0. The molecule has 0 aliphatic rings. The second-order valence-electron chi connectivity index (χ2n) is 11.9. The smallest absolute Gasteiger partial charge is 0.141 e. The Bertz CT molecular complexity index is 2410. The van der Waals surface area contributed by atoms with Gasteiger partial charge in [-0.25, -0.2) is 0 Å². The molecule has 0 unspecified atom stereocenters. The van der Waals surface area contributed by atoms with Gasteiger partial charge in [-0.2, -0.15) is 0 Å². The molecule has 5 aromatic carbocycles. The minimum Gasteiger partial charge on any atom is -0.506 e. The number of aromatic nitrogens is 4. The molecule has 9 rings (SSSR count). The summed E-state index contributed by atoms with van der Waals surface area (Å²) in [6, 6.07) is 48.0. The van der Waals surface area contributed by atoms with Gasteiger partial charge in [0.2, 0.25) is 0 Å². The minimum absolute atomic E-state index is 0. The zero-order valence-corrected chi connectivity index (χ0v) is 28.9. The number of rotatable bonds is 2. The number of phenols is 2. The Hall–Kier alpha value is -6.14. The zero-order chi connectivity index (χ0) is 34.5. The van der Waals surface area contributed by atoms with E-state index in [0.717, 1.165) is 44.0 Å². The van der Waals surface area contributed by atoms with Gasteiger partial charge in [-0.1, -0.05) is 109 Å². The van der Waals surface area contributed by atoms with Crippen LogP contribution in [0.25, 0.3) is 65.9 Å². The number of nitrogens with zero attached hydrogens (tertiary/aromatic N) is 4. The molecule has 4 heterocycles. The van der Waals surface area contributed by atoms with E-state index in [-0.39, 0.29) is 28.6 Å². The Morgan fingerprint density at radius 1 is 0.412 bits per heavy atom. The fourth-order valence-electron chi connectivity index (χ4n) is 6.12. The van der Waals surface area contributed by atoms with Crippen LogP contribution in [0.4, 0.5) is 0 Å². The van der Waals surface area contributed by atoms with E-state index in [1.54, 1.807) is 36.7 Å². The molecule has 0 saturated heterocycles. The first-order valence-corrected chi connectivity index (χ1v) is 16.3. The number of para-hydroxylation sites is 2. The maximum absolute atomic E-state index is 9.31. The van der Waals surface area contributed by atoms with E-state index in [1.165, 1.54) is 22.3 Å². The monoisotopic (exact) mass is 713 g/mol. The average molecular weight is 714 g/mol. The van der Waals surface area contributed by atoms with Crippen LogP contribution in [0.1, 0.15) is 11.4 Å². The number of aryl methyl sites for hydroxylation is 2. The van der Waals surface area contributed by atoms with Crippen molar-refractivity contribution >= 4 is 43.6 Å². The van der Waals surface area contributed by atoms with Crippen LogP contribution in [0, 0.1) is 13.8 Å². The molecule has 0 fully saturated rings. The number of fused-ring (bicyclic) bond motifs is 5. The van der Waals surface area contributed by atoms with Crippen molar-refractivity contribution in [2.75, 3.05) is 0 Å². The first kappa shape index (κ1) is 34.7. The van der Waals surface area contributed by atoms with Crippen LogP contribution in [0.2, 0.25) is 0 Å². The average Bonchev–Trinajstić information content (AvgIpc) is 3.16. The molecule has 4 aromatic heterocycles. The Kier molecular flexibility index (Phi) is 10.6. The van der Waals surface area contributed by atoms with Gasteiger partial charge in [0.15, 0.2) is 0 Å². The maximum atomic E-state index is 9.31. The van der Waals surface area contributed by atoms with Gasteiger partial charge in [-0.15, -0.1) is 0 Å². The van der Waals surface area contributed by atoms with Crippen molar-refractivity contribution in [3.05, 3.63) is 169 Å². The van der Waals surface area contributed by atoms with Crippen molar-refractivity contribution in [2.45, 2.75) is 13.8 Å². The molecule has 9 aromatic rings. The summed E-state index contributed by atoms with van der Waals surface area (Å²) in [5.74, 6) is 0.478. The Morgan fingerprint density at radius 2 is 0.804 bits per heavy atom. The Labute approximate surface area is 306 Å². The molecule has 0 aliphatic heterocycles. The molecular formula is C44H34CuN4O2. The molecule has 51 heavy (non-hydrogen) atoms. The number of hydrogen-bond donors (Lipinski definition) is 2. The third kappa shape index (κ3) is 7.55. The second-order valence-corrected chi connectivity index (χ2v) is 11.9. The first-order chi connectivity index (χ1) is 24.5. The third-order valence-electron chi connectivity index (χ3n) is 8.41. The topological polar surface area (TPSA) is 92.0 Å². The number of phenolic OH excluding ortho intramolecular Hbond substituents is 2. The molecule has 1 radical (unpaired) electrons. The molecule has 0 aliphatic carbocycles. The molecule has 2 N–H and O–H groups in total. The first-order valence-electron chi connectivity index (χ1n) is 16.3. The summed E-state index contributed by atoms with van der Waals surface area (Å²) in [4.78, 5) is 17.9. The summed E-state index contributed by atoms with van der Waals surface area (Å²) in [6.07, 6.45) is 3.34. The molecule has 6 nitrogen and oxygen atoms in total. The Morgan fingerprint density at radius 3 is 1.20 bits per heavy atom. The van der Waals surface area contributed by atoms with Gasteiger partial charge in [0.25, 0.3) is 0 Å². The van der Waals surface area contributed by atoms with Crippen molar-refractivity contribution in [1.29, 1.82) is 0 Å². The van der Waals surface area contributed by atoms with Crippen LogP contribution in [-0.4, -0.2) is 30.1 Å². The van der Waals surface area contributed by atoms with Crippen LogP contribution >= 0.6 is 0 Å². The molecule has 0 amide bonds. The predicted molar refractivity (Wildman–Crippen MR) is 204 cm³/mol. The normalized spacial score (nSPS) is 10.5.